The van der Waals surface area contributed by atoms with E-state index in [1.54, 1.807) is 6.92 Å². The number of carbonyl (C=O) groups excluding carboxylic acids is 2. The number of hydrogen-bond donors (Lipinski definition) is 2. The lowest BCUT2D eigenvalue weighted by atomic mass is 9.65. The molecule has 4 rings (SSSR count). The van der Waals surface area contributed by atoms with Gasteiger partial charge in [-0.05, 0) is 38.0 Å². The van der Waals surface area contributed by atoms with Crippen LogP contribution in [0.4, 0.5) is 18.9 Å². The van der Waals surface area contributed by atoms with Crippen molar-refractivity contribution in [2.24, 2.45) is 11.8 Å². The van der Waals surface area contributed by atoms with Gasteiger partial charge in [-0.15, -0.1) is 0 Å². The number of imide groups is 1. The molecule has 3 saturated heterocycles. The smallest absolute Gasteiger partial charge is 0.396 e. The molecule has 5 atom stereocenters. The van der Waals surface area contributed by atoms with E-state index in [2.05, 4.69) is 0 Å². The van der Waals surface area contributed by atoms with Crippen molar-refractivity contribution in [1.29, 1.82) is 5.26 Å². The predicted molar refractivity (Wildman–Crippen MR) is 94.8 cm³/mol. The van der Waals surface area contributed by atoms with E-state index in [1.165, 1.54) is 6.07 Å². The highest BCUT2D eigenvalue weighted by molar-refractivity contribution is 6.23. The lowest BCUT2D eigenvalue weighted by Gasteiger charge is -2.35. The molecule has 10 heteroatoms. The molecule has 0 saturated carbocycles. The molecule has 30 heavy (non-hydrogen) atoms. The standard InChI is InChI=1S/C20H19F3N2O5/c1-18-8-13(27)19(30-18,5-2-6-26)15-14(18)16(28)25(17(15)29)11-4-3-10(9-24)12(7-11)20(21,22)23/h3-4,7,13-15,26-27H,2,5-6,8H2,1H3/t13-,14+,15?,18+,19-/m0/s1. The number of fused-ring (bicyclic) bond motifs is 5. The van der Waals surface area contributed by atoms with Gasteiger partial charge in [-0.1, -0.05) is 0 Å². The van der Waals surface area contributed by atoms with Crippen molar-refractivity contribution in [2.45, 2.75) is 49.7 Å². The Balaban J connectivity index is 1.79. The van der Waals surface area contributed by atoms with Crippen LogP contribution >= 0.6 is 0 Å². The molecule has 1 unspecified atom stereocenters. The Bertz CT molecular complexity index is 974. The Hall–Kier alpha value is -2.48. The monoisotopic (exact) mass is 424 g/mol. The second-order valence-electron chi connectivity index (χ2n) is 8.22. The zero-order valence-electron chi connectivity index (χ0n) is 15.9. The number of hydrogen-bond acceptors (Lipinski definition) is 6. The number of carbonyl (C=O) groups is 2. The average Bonchev–Trinajstić information content (AvgIpc) is 3.21. The minimum absolute atomic E-state index is 0.105. The number of nitriles is 1. The fourth-order valence-corrected chi connectivity index (χ4v) is 5.32. The van der Waals surface area contributed by atoms with E-state index in [1.807, 2.05) is 0 Å². The van der Waals surface area contributed by atoms with Crippen LogP contribution in [0.1, 0.15) is 37.3 Å². The number of halogens is 3. The molecule has 7 nitrogen and oxygen atoms in total. The lowest BCUT2D eigenvalue weighted by molar-refractivity contribution is -0.139. The topological polar surface area (TPSA) is 111 Å². The molecule has 2 N–H and O–H groups in total. The summed E-state index contributed by atoms with van der Waals surface area (Å²) in [7, 11) is 0. The number of amides is 2. The zero-order valence-corrected chi connectivity index (χ0v) is 15.9. The summed E-state index contributed by atoms with van der Waals surface area (Å²) in [6.07, 6.45) is -5.41. The summed E-state index contributed by atoms with van der Waals surface area (Å²) in [6, 6.07) is 4.14. The number of alkyl halides is 3. The molecule has 0 spiro atoms. The van der Waals surface area contributed by atoms with Crippen molar-refractivity contribution in [2.75, 3.05) is 11.5 Å². The number of anilines is 1. The van der Waals surface area contributed by atoms with Gasteiger partial charge >= 0.3 is 6.18 Å². The molecule has 3 heterocycles. The second-order valence-corrected chi connectivity index (χ2v) is 8.22. The molecular formula is C20H19F3N2O5. The van der Waals surface area contributed by atoms with Gasteiger partial charge in [-0.3, -0.25) is 9.59 Å². The molecule has 2 bridgehead atoms. The number of aliphatic hydroxyl groups excluding tert-OH is 2. The summed E-state index contributed by atoms with van der Waals surface area (Å²) >= 11 is 0. The van der Waals surface area contributed by atoms with Gasteiger partial charge in [0.05, 0.1) is 46.4 Å². The van der Waals surface area contributed by atoms with Crippen LogP contribution in [0.25, 0.3) is 0 Å². The molecule has 0 aliphatic carbocycles. The SMILES string of the molecule is C[C@]12C[C@H](O)[C@](CCCO)(O1)C1C(=O)N(c3ccc(C#N)c(C(F)(F)F)c3)C(=O)[C@@H]12. The van der Waals surface area contributed by atoms with Crippen LogP contribution in [0.5, 0.6) is 0 Å². The molecular weight excluding hydrogens is 405 g/mol. The van der Waals surface area contributed by atoms with Gasteiger partial charge in [-0.2, -0.15) is 18.4 Å². The number of rotatable bonds is 4. The summed E-state index contributed by atoms with van der Waals surface area (Å²) in [4.78, 5) is 27.1. The molecule has 160 valence electrons. The Morgan fingerprint density at radius 1 is 1.30 bits per heavy atom. The fourth-order valence-electron chi connectivity index (χ4n) is 5.32. The Labute approximate surface area is 169 Å². The Kier molecular flexibility index (Phi) is 4.51. The van der Waals surface area contributed by atoms with Crippen LogP contribution in [0, 0.1) is 23.2 Å². The maximum atomic E-state index is 13.4. The first-order valence-electron chi connectivity index (χ1n) is 9.48. The first kappa shape index (κ1) is 20.8. The van der Waals surface area contributed by atoms with Crippen LogP contribution < -0.4 is 4.90 Å². The molecule has 0 aromatic heterocycles. The van der Waals surface area contributed by atoms with Crippen LogP contribution in [0.3, 0.4) is 0 Å². The van der Waals surface area contributed by atoms with Crippen LogP contribution in [0.15, 0.2) is 18.2 Å². The first-order chi connectivity index (χ1) is 14.0. The third-order valence-electron chi connectivity index (χ3n) is 6.49. The maximum absolute atomic E-state index is 13.4. The minimum Gasteiger partial charge on any atom is -0.396 e. The van der Waals surface area contributed by atoms with E-state index < -0.39 is 58.3 Å². The van der Waals surface area contributed by atoms with Gasteiger partial charge in [0, 0.05) is 13.0 Å². The van der Waals surface area contributed by atoms with E-state index in [0.29, 0.717) is 11.0 Å². The highest BCUT2D eigenvalue weighted by Gasteiger charge is 2.76. The fraction of sp³-hybridized carbons (Fsp3) is 0.550. The molecule has 3 aliphatic rings. The van der Waals surface area contributed by atoms with E-state index in [-0.39, 0.29) is 31.6 Å². The van der Waals surface area contributed by atoms with Crippen molar-refractivity contribution < 1.29 is 37.7 Å². The molecule has 1 aromatic rings. The predicted octanol–water partition coefficient (Wildman–Crippen LogP) is 1.75. The van der Waals surface area contributed by atoms with E-state index >= 15 is 0 Å². The first-order valence-corrected chi connectivity index (χ1v) is 9.48. The van der Waals surface area contributed by atoms with Crippen LogP contribution in [-0.4, -0.2) is 45.9 Å². The van der Waals surface area contributed by atoms with E-state index in [0.717, 1.165) is 12.1 Å². The Morgan fingerprint density at radius 2 is 1.97 bits per heavy atom. The van der Waals surface area contributed by atoms with Gasteiger partial charge in [0.15, 0.2) is 0 Å². The molecule has 3 fully saturated rings. The van der Waals surface area contributed by atoms with Crippen molar-refractivity contribution >= 4 is 17.5 Å². The zero-order chi connectivity index (χ0) is 22.1. The summed E-state index contributed by atoms with van der Waals surface area (Å²) in [5.41, 5.74) is -4.64. The molecule has 2 amide bonds. The average molecular weight is 424 g/mol. The van der Waals surface area contributed by atoms with E-state index in [9.17, 15) is 33.0 Å². The molecule has 0 radical (unpaired) electrons. The van der Waals surface area contributed by atoms with Crippen LogP contribution in [0.2, 0.25) is 0 Å². The van der Waals surface area contributed by atoms with E-state index in [4.69, 9.17) is 10.00 Å². The summed E-state index contributed by atoms with van der Waals surface area (Å²) in [5.74, 6) is -3.45. The highest BCUT2D eigenvalue weighted by Crippen LogP contribution is 2.62. The summed E-state index contributed by atoms with van der Waals surface area (Å²) in [5, 5.41) is 28.8. The molecule has 1 aromatic carbocycles. The number of aliphatic hydroxyl groups is 2. The number of benzene rings is 1. The Morgan fingerprint density at radius 3 is 2.57 bits per heavy atom. The van der Waals surface area contributed by atoms with Gasteiger partial charge in [0.1, 0.15) is 5.60 Å². The third-order valence-corrected chi connectivity index (χ3v) is 6.49. The quantitative estimate of drug-likeness (QED) is 0.713. The summed E-state index contributed by atoms with van der Waals surface area (Å²) in [6.45, 7) is 1.40. The van der Waals surface area contributed by atoms with Gasteiger partial charge in [-0.25, -0.2) is 4.90 Å². The van der Waals surface area contributed by atoms with Gasteiger partial charge in [0.25, 0.3) is 0 Å². The summed E-state index contributed by atoms with van der Waals surface area (Å²) < 4.78 is 46.1. The van der Waals surface area contributed by atoms with Crippen molar-refractivity contribution in [3.63, 3.8) is 0 Å². The normalized spacial score (nSPS) is 35.1. The largest absolute Gasteiger partial charge is 0.417 e. The molecule has 3 aliphatic heterocycles. The lowest BCUT2D eigenvalue weighted by Crippen LogP contribution is -2.51. The number of ether oxygens (including phenoxy) is 1. The van der Waals surface area contributed by atoms with Crippen molar-refractivity contribution in [1.82, 2.24) is 0 Å². The maximum Gasteiger partial charge on any atom is 0.417 e. The van der Waals surface area contributed by atoms with Gasteiger partial charge in [0.2, 0.25) is 11.8 Å². The van der Waals surface area contributed by atoms with Crippen molar-refractivity contribution in [3.05, 3.63) is 29.3 Å². The highest BCUT2D eigenvalue weighted by atomic mass is 19.4. The van der Waals surface area contributed by atoms with Gasteiger partial charge < -0.3 is 14.9 Å². The van der Waals surface area contributed by atoms with Crippen molar-refractivity contribution in [3.8, 4) is 6.07 Å². The number of nitrogens with zero attached hydrogens (tertiary/aromatic N) is 2. The van der Waals surface area contributed by atoms with Crippen LogP contribution in [-0.2, 0) is 20.5 Å². The third kappa shape index (κ3) is 2.62. The minimum atomic E-state index is -4.84. The second kappa shape index (κ2) is 6.51.